The van der Waals surface area contributed by atoms with Gasteiger partial charge in [0.2, 0.25) is 0 Å². The first-order valence-corrected chi connectivity index (χ1v) is 6.28. The van der Waals surface area contributed by atoms with Crippen molar-refractivity contribution in [2.24, 2.45) is 5.41 Å². The van der Waals surface area contributed by atoms with Crippen molar-refractivity contribution in [1.82, 2.24) is 20.2 Å². The van der Waals surface area contributed by atoms with Crippen molar-refractivity contribution in [2.75, 3.05) is 0 Å². The van der Waals surface area contributed by atoms with Gasteiger partial charge in [-0.2, -0.15) is 0 Å². The van der Waals surface area contributed by atoms with Crippen LogP contribution in [0.15, 0.2) is 18.2 Å². The molecular weight excluding hydrogens is 263 g/mol. The van der Waals surface area contributed by atoms with E-state index in [1.165, 1.54) is 16.8 Å². The molecule has 1 saturated carbocycles. The van der Waals surface area contributed by atoms with E-state index < -0.39 is 11.4 Å². The van der Waals surface area contributed by atoms with Crippen LogP contribution in [0.25, 0.3) is 11.4 Å². The normalized spacial score (nSPS) is 16.1. The molecule has 0 spiro atoms. The summed E-state index contributed by atoms with van der Waals surface area (Å²) in [5.41, 5.74) is 0.643. The molecule has 0 bridgehead atoms. The summed E-state index contributed by atoms with van der Waals surface area (Å²) in [6.07, 6.45) is 1.23. The van der Waals surface area contributed by atoms with Gasteiger partial charge in [-0.05, 0) is 47.9 Å². The summed E-state index contributed by atoms with van der Waals surface area (Å²) in [5, 5.41) is 20.6. The highest BCUT2D eigenvalue weighted by Gasteiger charge is 2.51. The van der Waals surface area contributed by atoms with Gasteiger partial charge >= 0.3 is 5.97 Å². The Balaban J connectivity index is 1.98. The van der Waals surface area contributed by atoms with E-state index in [9.17, 15) is 14.3 Å². The average molecular weight is 276 g/mol. The van der Waals surface area contributed by atoms with Crippen LogP contribution in [0.1, 0.15) is 18.4 Å². The molecule has 1 aliphatic rings. The first-order valence-electron chi connectivity index (χ1n) is 6.28. The first-order chi connectivity index (χ1) is 9.52. The number of carboxylic acids is 1. The maximum Gasteiger partial charge on any atom is 0.311 e. The predicted molar refractivity (Wildman–Crippen MR) is 67.3 cm³/mol. The van der Waals surface area contributed by atoms with E-state index in [-0.39, 0.29) is 12.4 Å². The molecule has 20 heavy (non-hydrogen) atoms. The topological polar surface area (TPSA) is 80.9 Å². The standard InChI is InChI=1S/C13H13FN4O2/c1-8-2-3-9(14)6-10(8)11-15-16-17-18(11)7-13(4-5-13)12(19)20/h2-3,6H,4-5,7H2,1H3,(H,19,20). The Hall–Kier alpha value is -2.31. The van der Waals surface area contributed by atoms with Crippen LogP contribution in [0, 0.1) is 18.2 Å². The van der Waals surface area contributed by atoms with Crippen LogP contribution >= 0.6 is 0 Å². The molecule has 0 radical (unpaired) electrons. The van der Waals surface area contributed by atoms with E-state index in [1.54, 1.807) is 6.07 Å². The van der Waals surface area contributed by atoms with Gasteiger partial charge in [0.1, 0.15) is 5.82 Å². The highest BCUT2D eigenvalue weighted by molar-refractivity contribution is 5.77. The van der Waals surface area contributed by atoms with Gasteiger partial charge in [0.05, 0.1) is 12.0 Å². The molecule has 0 unspecified atom stereocenters. The van der Waals surface area contributed by atoms with E-state index in [2.05, 4.69) is 15.5 Å². The second-order valence-corrected chi connectivity index (χ2v) is 5.20. The Morgan fingerprint density at radius 3 is 2.90 bits per heavy atom. The molecule has 1 aliphatic carbocycles. The Bertz CT molecular complexity index is 679. The highest BCUT2D eigenvalue weighted by Crippen LogP contribution is 2.47. The van der Waals surface area contributed by atoms with Crippen molar-refractivity contribution in [3.05, 3.63) is 29.6 Å². The number of aliphatic carboxylic acids is 1. The smallest absolute Gasteiger partial charge is 0.311 e. The summed E-state index contributed by atoms with van der Waals surface area (Å²) in [5.74, 6) is -0.816. The van der Waals surface area contributed by atoms with Crippen molar-refractivity contribution in [2.45, 2.75) is 26.3 Å². The molecular formula is C13H13FN4O2. The van der Waals surface area contributed by atoms with Crippen LogP contribution in [0.4, 0.5) is 4.39 Å². The second-order valence-electron chi connectivity index (χ2n) is 5.20. The third-order valence-electron chi connectivity index (χ3n) is 3.73. The van der Waals surface area contributed by atoms with Crippen LogP contribution in [0.5, 0.6) is 0 Å². The third kappa shape index (κ3) is 2.04. The lowest BCUT2D eigenvalue weighted by Crippen LogP contribution is -2.22. The lowest BCUT2D eigenvalue weighted by Gasteiger charge is -2.11. The van der Waals surface area contributed by atoms with Crippen molar-refractivity contribution in [3.63, 3.8) is 0 Å². The molecule has 1 heterocycles. The molecule has 0 saturated heterocycles. The number of halogens is 1. The van der Waals surface area contributed by atoms with Gasteiger partial charge in [0, 0.05) is 5.56 Å². The van der Waals surface area contributed by atoms with Crippen molar-refractivity contribution >= 4 is 5.97 Å². The maximum absolute atomic E-state index is 13.4. The molecule has 1 aromatic heterocycles. The minimum atomic E-state index is -0.838. The number of carbonyl (C=O) groups is 1. The molecule has 0 amide bonds. The molecule has 0 aliphatic heterocycles. The minimum Gasteiger partial charge on any atom is -0.481 e. The third-order valence-corrected chi connectivity index (χ3v) is 3.73. The number of hydrogen-bond acceptors (Lipinski definition) is 4. The Kier molecular flexibility index (Phi) is 2.77. The predicted octanol–water partition coefficient (Wildman–Crippen LogP) is 1.65. The van der Waals surface area contributed by atoms with Crippen LogP contribution in [0.3, 0.4) is 0 Å². The molecule has 1 fully saturated rings. The number of rotatable bonds is 4. The van der Waals surface area contributed by atoms with E-state index in [1.807, 2.05) is 6.92 Å². The number of carboxylic acid groups (broad SMARTS) is 1. The van der Waals surface area contributed by atoms with Gasteiger partial charge in [-0.25, -0.2) is 9.07 Å². The zero-order valence-electron chi connectivity index (χ0n) is 10.9. The molecule has 3 rings (SSSR count). The highest BCUT2D eigenvalue weighted by atomic mass is 19.1. The molecule has 2 aromatic rings. The molecule has 0 atom stereocenters. The fourth-order valence-electron chi connectivity index (χ4n) is 2.22. The largest absolute Gasteiger partial charge is 0.481 e. The number of hydrogen-bond donors (Lipinski definition) is 1. The van der Waals surface area contributed by atoms with E-state index in [0.717, 1.165) is 5.56 Å². The second kappa shape index (κ2) is 4.36. The van der Waals surface area contributed by atoms with Gasteiger partial charge in [0.15, 0.2) is 5.82 Å². The lowest BCUT2D eigenvalue weighted by atomic mass is 10.1. The van der Waals surface area contributed by atoms with Crippen molar-refractivity contribution < 1.29 is 14.3 Å². The van der Waals surface area contributed by atoms with Crippen LogP contribution < -0.4 is 0 Å². The summed E-state index contributed by atoms with van der Waals surface area (Å²) in [7, 11) is 0. The van der Waals surface area contributed by atoms with Gasteiger partial charge in [-0.3, -0.25) is 4.79 Å². The van der Waals surface area contributed by atoms with Crippen LogP contribution in [0.2, 0.25) is 0 Å². The van der Waals surface area contributed by atoms with Gasteiger partial charge in [0.25, 0.3) is 0 Å². The van der Waals surface area contributed by atoms with E-state index in [4.69, 9.17) is 0 Å². The zero-order chi connectivity index (χ0) is 14.3. The SMILES string of the molecule is Cc1ccc(F)cc1-c1nnnn1CC1(C(=O)O)CC1. The monoisotopic (exact) mass is 276 g/mol. The van der Waals surface area contributed by atoms with Crippen LogP contribution in [-0.2, 0) is 11.3 Å². The van der Waals surface area contributed by atoms with E-state index in [0.29, 0.717) is 24.2 Å². The Morgan fingerprint density at radius 2 is 2.25 bits per heavy atom. The Labute approximate surface area is 114 Å². The quantitative estimate of drug-likeness (QED) is 0.918. The Morgan fingerprint density at radius 1 is 1.50 bits per heavy atom. The van der Waals surface area contributed by atoms with Crippen molar-refractivity contribution in [3.8, 4) is 11.4 Å². The van der Waals surface area contributed by atoms with Gasteiger partial charge in [-0.1, -0.05) is 6.07 Å². The summed E-state index contributed by atoms with van der Waals surface area (Å²) >= 11 is 0. The zero-order valence-corrected chi connectivity index (χ0v) is 10.9. The summed E-state index contributed by atoms with van der Waals surface area (Å²) in [4.78, 5) is 11.2. The number of benzene rings is 1. The number of tetrazole rings is 1. The molecule has 104 valence electrons. The lowest BCUT2D eigenvalue weighted by molar-refractivity contribution is -0.144. The first kappa shape index (κ1) is 12.7. The van der Waals surface area contributed by atoms with E-state index >= 15 is 0 Å². The van der Waals surface area contributed by atoms with Crippen molar-refractivity contribution in [1.29, 1.82) is 0 Å². The fraction of sp³-hybridized carbons (Fsp3) is 0.385. The number of aryl methyl sites for hydroxylation is 1. The van der Waals surface area contributed by atoms with Crippen LogP contribution in [-0.4, -0.2) is 31.3 Å². The summed E-state index contributed by atoms with van der Waals surface area (Å²) in [6.45, 7) is 2.04. The molecule has 6 nitrogen and oxygen atoms in total. The van der Waals surface area contributed by atoms with Gasteiger partial charge < -0.3 is 5.11 Å². The maximum atomic E-state index is 13.4. The molecule has 1 aromatic carbocycles. The number of aromatic nitrogens is 4. The summed E-state index contributed by atoms with van der Waals surface area (Å²) < 4.78 is 14.8. The molecule has 1 N–H and O–H groups in total. The number of nitrogens with zero attached hydrogens (tertiary/aromatic N) is 4. The van der Waals surface area contributed by atoms with Gasteiger partial charge in [-0.15, -0.1) is 5.10 Å². The average Bonchev–Trinajstić information content (AvgIpc) is 3.05. The summed E-state index contributed by atoms with van der Waals surface area (Å²) in [6, 6.07) is 4.37. The fourth-order valence-corrected chi connectivity index (χ4v) is 2.22. The molecule has 7 heteroatoms. The minimum absolute atomic E-state index is 0.209.